The molecule has 0 fully saturated rings. The average Bonchev–Trinajstić information content (AvgIpc) is 2.91. The van der Waals surface area contributed by atoms with Crippen LogP contribution < -0.4 is 0 Å². The molecule has 1 aromatic rings. The number of ether oxygens (including phenoxy) is 1. The molecule has 0 radical (unpaired) electrons. The van der Waals surface area contributed by atoms with Gasteiger partial charge in [0.15, 0.2) is 0 Å². The summed E-state index contributed by atoms with van der Waals surface area (Å²) >= 11 is 0. The van der Waals surface area contributed by atoms with E-state index >= 15 is 0 Å². The Morgan fingerprint density at radius 2 is 1.37 bits per heavy atom. The van der Waals surface area contributed by atoms with Gasteiger partial charge in [0.1, 0.15) is 5.82 Å². The van der Waals surface area contributed by atoms with Gasteiger partial charge < -0.3 is 9.63 Å². The van der Waals surface area contributed by atoms with Crippen molar-refractivity contribution in [3.05, 3.63) is 35.1 Å². The number of unbranched alkanes of at least 4 members (excludes halogenated alkanes) is 16. The molecule has 0 spiro atoms. The molecule has 0 saturated heterocycles. The van der Waals surface area contributed by atoms with Crippen LogP contribution in [-0.2, 0) is 25.0 Å². The van der Waals surface area contributed by atoms with Crippen molar-refractivity contribution >= 4 is 7.82 Å². The highest BCUT2D eigenvalue weighted by molar-refractivity contribution is 7.47. The van der Waals surface area contributed by atoms with Crippen LogP contribution in [-0.4, -0.2) is 24.7 Å². The van der Waals surface area contributed by atoms with Crippen molar-refractivity contribution in [2.45, 2.75) is 135 Å². The molecule has 38 heavy (non-hydrogen) atoms. The van der Waals surface area contributed by atoms with E-state index in [-0.39, 0.29) is 18.8 Å². The van der Waals surface area contributed by atoms with Crippen molar-refractivity contribution in [2.75, 3.05) is 13.7 Å². The van der Waals surface area contributed by atoms with Crippen molar-refractivity contribution in [1.29, 1.82) is 5.26 Å². The van der Waals surface area contributed by atoms with Crippen LogP contribution in [0, 0.1) is 17.1 Å². The minimum absolute atomic E-state index is 0.0855. The Kier molecular flexibility index (Phi) is 20.6. The lowest BCUT2D eigenvalue weighted by Gasteiger charge is -2.19. The van der Waals surface area contributed by atoms with Gasteiger partial charge in [0.05, 0.1) is 31.0 Å². The Bertz CT molecular complexity index is 816. The summed E-state index contributed by atoms with van der Waals surface area (Å²) in [5.74, 6) is -0.497. The lowest BCUT2D eigenvalue weighted by atomic mass is 10.0. The van der Waals surface area contributed by atoms with E-state index < -0.39 is 19.7 Å². The summed E-state index contributed by atoms with van der Waals surface area (Å²) < 4.78 is 40.8. The Morgan fingerprint density at radius 1 is 0.868 bits per heavy atom. The highest BCUT2D eigenvalue weighted by atomic mass is 31.2. The summed E-state index contributed by atoms with van der Waals surface area (Å²) in [5.41, 5.74) is 0.761. The number of halogens is 1. The fraction of sp³-hybridized carbons (Fsp3) is 0.767. The second-order valence-corrected chi connectivity index (χ2v) is 11.8. The van der Waals surface area contributed by atoms with Crippen molar-refractivity contribution in [3.63, 3.8) is 0 Å². The van der Waals surface area contributed by atoms with Crippen LogP contribution in [0.25, 0.3) is 0 Å². The third-order valence-corrected chi connectivity index (χ3v) is 7.79. The first-order valence-electron chi connectivity index (χ1n) is 14.7. The third kappa shape index (κ3) is 18.9. The standard InChI is InChI=1S/C30H51FNO5P/c1-3-4-5-6-7-8-9-10-11-12-13-14-15-16-17-18-19-20-30(26-37-38(33,34)35-2)36-25-28-21-27(24-32)22-29(31)23-28/h21-23,30H,3-20,25-26H2,1-2H3,(H,33,34)/t30-/m1/s1. The quantitative estimate of drug-likeness (QED) is 0.0955. The molecule has 0 aliphatic rings. The molecular formula is C30H51FNO5P. The first kappa shape index (κ1) is 34.7. The van der Waals surface area contributed by atoms with Crippen LogP contribution in [0.15, 0.2) is 18.2 Å². The highest BCUT2D eigenvalue weighted by Crippen LogP contribution is 2.42. The molecular weight excluding hydrogens is 504 g/mol. The summed E-state index contributed by atoms with van der Waals surface area (Å²) in [6, 6.07) is 5.99. The molecule has 0 bridgehead atoms. The van der Waals surface area contributed by atoms with Gasteiger partial charge in [-0.2, -0.15) is 5.26 Å². The molecule has 1 N–H and O–H groups in total. The monoisotopic (exact) mass is 555 g/mol. The summed E-state index contributed by atoms with van der Waals surface area (Å²) in [6.07, 6.45) is 22.3. The fourth-order valence-corrected chi connectivity index (χ4v) is 5.01. The van der Waals surface area contributed by atoms with Gasteiger partial charge in [-0.15, -0.1) is 0 Å². The lowest BCUT2D eigenvalue weighted by Crippen LogP contribution is -2.19. The molecule has 0 aliphatic carbocycles. The predicted molar refractivity (Wildman–Crippen MR) is 151 cm³/mol. The Morgan fingerprint density at radius 3 is 1.84 bits per heavy atom. The number of phosphoric ester groups is 1. The smallest absolute Gasteiger partial charge is 0.371 e. The zero-order valence-corrected chi connectivity index (χ0v) is 24.7. The Balaban J connectivity index is 2.16. The number of rotatable bonds is 25. The van der Waals surface area contributed by atoms with Gasteiger partial charge >= 0.3 is 7.82 Å². The number of nitrogens with zero attached hydrogens (tertiary/aromatic N) is 1. The summed E-state index contributed by atoms with van der Waals surface area (Å²) in [7, 11) is -2.99. The Hall–Kier alpha value is -1.29. The van der Waals surface area contributed by atoms with E-state index in [0.29, 0.717) is 12.0 Å². The zero-order chi connectivity index (χ0) is 27.9. The van der Waals surface area contributed by atoms with Crippen LogP contribution in [0.3, 0.4) is 0 Å². The maximum absolute atomic E-state index is 13.7. The van der Waals surface area contributed by atoms with Crippen molar-refractivity contribution < 1.29 is 27.6 Å². The number of hydrogen-bond acceptors (Lipinski definition) is 5. The number of hydrogen-bond donors (Lipinski definition) is 1. The molecule has 6 nitrogen and oxygen atoms in total. The topological polar surface area (TPSA) is 88.8 Å². The van der Waals surface area contributed by atoms with Gasteiger partial charge in [-0.25, -0.2) is 8.96 Å². The minimum Gasteiger partial charge on any atom is -0.371 e. The van der Waals surface area contributed by atoms with Crippen molar-refractivity contribution in [1.82, 2.24) is 0 Å². The van der Waals surface area contributed by atoms with Gasteiger partial charge in [0.2, 0.25) is 0 Å². The van der Waals surface area contributed by atoms with E-state index in [1.54, 1.807) is 6.07 Å². The Labute approximate surface area is 230 Å². The average molecular weight is 556 g/mol. The van der Waals surface area contributed by atoms with Crippen LogP contribution in [0.2, 0.25) is 0 Å². The van der Waals surface area contributed by atoms with Crippen molar-refractivity contribution in [2.24, 2.45) is 0 Å². The molecule has 1 unspecified atom stereocenters. The SMILES string of the molecule is CCCCCCCCCCCCCCCCCCC[C@H](COP(=O)(O)OC)OCc1cc(F)cc(C#N)c1. The van der Waals surface area contributed by atoms with E-state index in [1.165, 1.54) is 102 Å². The van der Waals surface area contributed by atoms with Gasteiger partial charge in [-0.3, -0.25) is 9.05 Å². The third-order valence-electron chi connectivity index (χ3n) is 6.86. The van der Waals surface area contributed by atoms with E-state index in [2.05, 4.69) is 11.4 Å². The predicted octanol–water partition coefficient (Wildman–Crippen LogP) is 9.39. The maximum atomic E-state index is 13.7. The van der Waals surface area contributed by atoms with Crippen LogP contribution in [0.5, 0.6) is 0 Å². The second-order valence-electron chi connectivity index (χ2n) is 10.3. The van der Waals surface area contributed by atoms with Crippen LogP contribution in [0.1, 0.15) is 134 Å². The first-order chi connectivity index (χ1) is 18.4. The summed E-state index contributed by atoms with van der Waals surface area (Å²) in [6.45, 7) is 2.25. The molecule has 1 aromatic carbocycles. The highest BCUT2D eigenvalue weighted by Gasteiger charge is 2.22. The number of nitriles is 1. The number of phosphoric acid groups is 1. The fourth-order valence-electron chi connectivity index (χ4n) is 4.55. The summed E-state index contributed by atoms with van der Waals surface area (Å²) in [4.78, 5) is 9.55. The van der Waals surface area contributed by atoms with Gasteiger partial charge in [0, 0.05) is 7.11 Å². The molecule has 218 valence electrons. The lowest BCUT2D eigenvalue weighted by molar-refractivity contribution is -0.00516. The van der Waals surface area contributed by atoms with Crippen molar-refractivity contribution in [3.8, 4) is 6.07 Å². The van der Waals surface area contributed by atoms with Crippen LogP contribution in [0.4, 0.5) is 4.39 Å². The largest absolute Gasteiger partial charge is 0.472 e. The molecule has 8 heteroatoms. The van der Waals surface area contributed by atoms with E-state index in [0.717, 1.165) is 26.4 Å². The molecule has 2 atom stereocenters. The molecule has 1 rings (SSSR count). The summed E-state index contributed by atoms with van der Waals surface area (Å²) in [5, 5.41) is 9.03. The maximum Gasteiger partial charge on any atom is 0.472 e. The van der Waals surface area contributed by atoms with Gasteiger partial charge in [-0.05, 0) is 30.2 Å². The molecule has 0 heterocycles. The second kappa shape index (κ2) is 22.5. The molecule has 0 aromatic heterocycles. The zero-order valence-electron chi connectivity index (χ0n) is 23.8. The molecule has 0 saturated carbocycles. The molecule has 0 amide bonds. The van der Waals surface area contributed by atoms with E-state index in [4.69, 9.17) is 14.5 Å². The van der Waals surface area contributed by atoms with E-state index in [9.17, 15) is 13.8 Å². The van der Waals surface area contributed by atoms with Gasteiger partial charge in [0.25, 0.3) is 0 Å². The van der Waals surface area contributed by atoms with E-state index in [1.807, 2.05) is 6.07 Å². The normalized spacial score (nSPS) is 13.8. The molecule has 0 aliphatic heterocycles. The van der Waals surface area contributed by atoms with Gasteiger partial charge in [-0.1, -0.05) is 116 Å². The number of benzene rings is 1. The van der Waals surface area contributed by atoms with Crippen LogP contribution >= 0.6 is 7.82 Å². The minimum atomic E-state index is -4.10. The first-order valence-corrected chi connectivity index (χ1v) is 16.2.